The Morgan fingerprint density at radius 3 is 1.80 bits per heavy atom. The van der Waals surface area contributed by atoms with Gasteiger partial charge in [0.05, 0.1) is 0 Å². The van der Waals surface area contributed by atoms with Crippen molar-refractivity contribution in [2.45, 2.75) is 6.29 Å². The third-order valence-corrected chi connectivity index (χ3v) is 2.71. The van der Waals surface area contributed by atoms with Crippen molar-refractivity contribution in [3.8, 4) is 0 Å². The number of halogens is 2. The minimum Gasteiger partial charge on any atom is -0.263 e. The lowest BCUT2D eigenvalue weighted by atomic mass is 11.3. The van der Waals surface area contributed by atoms with Gasteiger partial charge in [0.25, 0.3) is 0 Å². The summed E-state index contributed by atoms with van der Waals surface area (Å²) in [4.78, 5) is 0. The van der Waals surface area contributed by atoms with Gasteiger partial charge in [0, 0.05) is 0 Å². The number of rotatable bonds is 0. The molecule has 5 nitrogen and oxygen atoms in total. The number of hydrogen-bond donors (Lipinski definition) is 0. The quantitative estimate of drug-likeness (QED) is 0.545. The van der Waals surface area contributed by atoms with E-state index in [0.29, 0.717) is 0 Å². The Labute approximate surface area is 55.2 Å². The van der Waals surface area contributed by atoms with E-state index in [9.17, 15) is 17.9 Å². The molecule has 0 aliphatic carbocycles. The summed E-state index contributed by atoms with van der Waals surface area (Å²) in [5, 5.41) is 0. The van der Waals surface area contributed by atoms with Crippen LogP contribution in [-0.4, -0.2) is 6.29 Å². The van der Waals surface area contributed by atoms with Crippen molar-refractivity contribution in [2.24, 2.45) is 0 Å². The zero-order valence-electron chi connectivity index (χ0n) is 4.30. The predicted octanol–water partition coefficient (Wildman–Crippen LogP) is 1.38. The maximum absolute atomic E-state index is 11.8. The Bertz CT molecular complexity index is 172. The van der Waals surface area contributed by atoms with Gasteiger partial charge in [-0.15, -0.1) is 8.78 Å². The fraction of sp³-hybridized carbons (Fsp3) is 1.00. The van der Waals surface area contributed by atoms with Gasteiger partial charge in [-0.25, -0.2) is 13.4 Å². The first-order valence-electron chi connectivity index (χ1n) is 2.01. The minimum absolute atomic E-state index is 3.34. The lowest BCUT2D eigenvalue weighted by molar-refractivity contribution is -0.316. The molecule has 2 atom stereocenters. The molecule has 0 saturated carbocycles. The van der Waals surface area contributed by atoms with Crippen molar-refractivity contribution >= 4 is 16.5 Å². The van der Waals surface area contributed by atoms with Crippen molar-refractivity contribution in [2.75, 3.05) is 0 Å². The van der Waals surface area contributed by atoms with Gasteiger partial charge in [-0.05, 0) is 0 Å². The second-order valence-corrected chi connectivity index (χ2v) is 3.49. The van der Waals surface area contributed by atoms with Crippen LogP contribution in [0.25, 0.3) is 0 Å². The van der Waals surface area contributed by atoms with Crippen LogP contribution in [-0.2, 0) is 22.5 Å². The molecule has 1 rings (SSSR count). The molecule has 0 aromatic heterocycles. The highest BCUT2D eigenvalue weighted by Gasteiger charge is 2.42. The van der Waals surface area contributed by atoms with E-state index in [1.807, 2.05) is 0 Å². The smallest absolute Gasteiger partial charge is 0.263 e. The van der Waals surface area contributed by atoms with Gasteiger partial charge < -0.3 is 0 Å². The molecule has 0 aromatic carbocycles. The van der Waals surface area contributed by atoms with Crippen molar-refractivity contribution in [3.05, 3.63) is 0 Å². The summed E-state index contributed by atoms with van der Waals surface area (Å²) in [5.74, 6) is 0. The fourth-order valence-electron chi connectivity index (χ4n) is 0.325. The summed E-state index contributed by atoms with van der Waals surface area (Å²) in [6.45, 7) is 0. The van der Waals surface area contributed by atoms with Gasteiger partial charge in [0.1, 0.15) is 0 Å². The summed E-state index contributed by atoms with van der Waals surface area (Å²) >= 11 is 0. The second kappa shape index (κ2) is 2.68. The van der Waals surface area contributed by atoms with E-state index < -0.39 is 22.8 Å². The van der Waals surface area contributed by atoms with Crippen LogP contribution in [0.5, 0.6) is 0 Å². The van der Waals surface area contributed by atoms with E-state index in [0.717, 1.165) is 0 Å². The molecule has 1 fully saturated rings. The van der Waals surface area contributed by atoms with Crippen LogP contribution in [0.1, 0.15) is 0 Å². The van der Waals surface area contributed by atoms with Crippen LogP contribution in [0, 0.1) is 0 Å². The van der Waals surface area contributed by atoms with Crippen LogP contribution in [0.4, 0.5) is 8.78 Å². The van der Waals surface area contributed by atoms with Crippen molar-refractivity contribution < 1.29 is 31.3 Å². The highest BCUT2D eigenvalue weighted by molar-refractivity contribution is 7.48. The Balaban J connectivity index is 2.68. The third-order valence-electron chi connectivity index (χ3n) is 0.571. The van der Waals surface area contributed by atoms with E-state index >= 15 is 0 Å². The standard InChI is InChI=1S/CH2F2O5P2/c2-1(3)6-9(4)8-10(5)7-1/h9-10H. The fourth-order valence-corrected chi connectivity index (χ4v) is 1.76. The molecule has 0 aromatic rings. The molecule has 60 valence electrons. The summed E-state index contributed by atoms with van der Waals surface area (Å²) < 4.78 is 54.3. The molecule has 10 heavy (non-hydrogen) atoms. The Morgan fingerprint density at radius 1 is 1.10 bits per heavy atom. The van der Waals surface area contributed by atoms with Crippen molar-refractivity contribution in [1.29, 1.82) is 0 Å². The third kappa shape index (κ3) is 2.11. The first-order valence-corrected chi connectivity index (χ1v) is 4.46. The van der Waals surface area contributed by atoms with Crippen LogP contribution >= 0.6 is 16.5 Å². The summed E-state index contributed by atoms with van der Waals surface area (Å²) in [5.41, 5.74) is 0. The minimum atomic E-state index is -4.04. The molecule has 0 amide bonds. The molecule has 1 aliphatic rings. The van der Waals surface area contributed by atoms with Gasteiger partial charge in [-0.1, -0.05) is 0 Å². The first-order chi connectivity index (χ1) is 4.49. The first kappa shape index (κ1) is 8.30. The van der Waals surface area contributed by atoms with Crippen molar-refractivity contribution in [1.82, 2.24) is 0 Å². The highest BCUT2D eigenvalue weighted by Crippen LogP contribution is 2.52. The molecule has 1 aliphatic heterocycles. The monoisotopic (exact) mass is 194 g/mol. The lowest BCUT2D eigenvalue weighted by Crippen LogP contribution is -2.21. The lowest BCUT2D eigenvalue weighted by Gasteiger charge is -2.19. The molecule has 2 unspecified atom stereocenters. The van der Waals surface area contributed by atoms with E-state index in [1.165, 1.54) is 0 Å². The average molecular weight is 194 g/mol. The zero-order valence-corrected chi connectivity index (χ0v) is 6.30. The molecule has 0 radical (unpaired) electrons. The largest absolute Gasteiger partial charge is 0.499 e. The highest BCUT2D eigenvalue weighted by atomic mass is 31.2. The SMILES string of the molecule is O=[PH]1O[PH](=O)OC(F)(F)O1. The molecular formula is CH2F2O5P2. The topological polar surface area (TPSA) is 61.8 Å². The van der Waals surface area contributed by atoms with Gasteiger partial charge in [0.2, 0.25) is 0 Å². The Hall–Kier alpha value is 0.200. The van der Waals surface area contributed by atoms with Crippen molar-refractivity contribution in [3.63, 3.8) is 0 Å². The van der Waals surface area contributed by atoms with E-state index in [4.69, 9.17) is 0 Å². The molecule has 1 heterocycles. The second-order valence-electron chi connectivity index (χ2n) is 1.27. The average Bonchev–Trinajstić information content (AvgIpc) is 1.54. The normalized spacial score (nSPS) is 39.4. The molecular weight excluding hydrogens is 192 g/mol. The van der Waals surface area contributed by atoms with E-state index in [-0.39, 0.29) is 0 Å². The summed E-state index contributed by atoms with van der Waals surface area (Å²) in [6.07, 6.45) is -4.04. The van der Waals surface area contributed by atoms with Gasteiger partial charge in [0.15, 0.2) is 0 Å². The Morgan fingerprint density at radius 2 is 1.50 bits per heavy atom. The summed E-state index contributed by atoms with van der Waals surface area (Å²) in [7, 11) is -6.68. The maximum Gasteiger partial charge on any atom is 0.499 e. The van der Waals surface area contributed by atoms with Gasteiger partial charge in [-0.2, -0.15) is 0 Å². The van der Waals surface area contributed by atoms with Gasteiger partial charge >= 0.3 is 22.8 Å². The van der Waals surface area contributed by atoms with E-state index in [2.05, 4.69) is 13.4 Å². The van der Waals surface area contributed by atoms with Crippen LogP contribution in [0.3, 0.4) is 0 Å². The molecule has 9 heteroatoms. The van der Waals surface area contributed by atoms with Gasteiger partial charge in [-0.3, -0.25) is 9.13 Å². The van der Waals surface area contributed by atoms with Crippen LogP contribution in [0.2, 0.25) is 0 Å². The van der Waals surface area contributed by atoms with Crippen LogP contribution < -0.4 is 0 Å². The molecule has 0 N–H and O–H groups in total. The number of hydrogen-bond acceptors (Lipinski definition) is 5. The molecule has 1 saturated heterocycles. The zero-order chi connectivity index (χ0) is 7.78. The summed E-state index contributed by atoms with van der Waals surface area (Å²) in [6, 6.07) is 0. The van der Waals surface area contributed by atoms with Crippen LogP contribution in [0.15, 0.2) is 0 Å². The Kier molecular flexibility index (Phi) is 2.22. The number of alkyl halides is 2. The van der Waals surface area contributed by atoms with E-state index in [1.54, 1.807) is 0 Å². The predicted molar refractivity (Wildman–Crippen MR) is 26.2 cm³/mol. The molecule has 0 spiro atoms. The molecule has 0 bridgehead atoms. The maximum atomic E-state index is 11.8.